The summed E-state index contributed by atoms with van der Waals surface area (Å²) in [5, 5.41) is 12.0. The fraction of sp³-hybridized carbons (Fsp3) is 0.261. The van der Waals surface area contributed by atoms with Crippen molar-refractivity contribution in [2.24, 2.45) is 0 Å². The Bertz CT molecular complexity index is 1300. The summed E-state index contributed by atoms with van der Waals surface area (Å²) >= 11 is 1.29. The van der Waals surface area contributed by atoms with Crippen molar-refractivity contribution in [2.45, 2.75) is 11.4 Å². The number of thioether (sulfide) groups is 1. The molecule has 0 aliphatic rings. The van der Waals surface area contributed by atoms with Crippen LogP contribution in [0.3, 0.4) is 0 Å². The number of carbonyl (C=O) groups is 1. The highest BCUT2D eigenvalue weighted by Crippen LogP contribution is 2.28. The van der Waals surface area contributed by atoms with E-state index in [0.717, 1.165) is 11.3 Å². The standard InChI is InChI=1S/C23H24N6O4S/c1-31-17-6-4-5-16(12-17)29-22-21(27-28-29)23(26-14-25-22)34-13-20(30)24-10-9-15-7-8-18(32-2)19(11-15)33-3/h4-8,11-12,14H,9-10,13H2,1-3H3,(H,24,30). The molecule has 0 fully saturated rings. The molecule has 10 nitrogen and oxygen atoms in total. The number of nitrogens with one attached hydrogen (secondary N) is 1. The summed E-state index contributed by atoms with van der Waals surface area (Å²) in [7, 11) is 4.80. The molecule has 11 heteroatoms. The number of carbonyl (C=O) groups excluding carboxylic acids is 1. The summed E-state index contributed by atoms with van der Waals surface area (Å²) in [5.74, 6) is 2.14. The summed E-state index contributed by atoms with van der Waals surface area (Å²) in [6.45, 7) is 0.500. The minimum absolute atomic E-state index is 0.0996. The Balaban J connectivity index is 1.36. The number of fused-ring (bicyclic) bond motifs is 1. The highest BCUT2D eigenvalue weighted by Gasteiger charge is 2.15. The van der Waals surface area contributed by atoms with Crippen LogP contribution in [0.15, 0.2) is 53.8 Å². The number of rotatable bonds is 10. The number of hydrogen-bond acceptors (Lipinski definition) is 9. The van der Waals surface area contributed by atoms with Crippen molar-refractivity contribution in [3.63, 3.8) is 0 Å². The fourth-order valence-electron chi connectivity index (χ4n) is 3.32. The number of nitrogens with zero attached hydrogens (tertiary/aromatic N) is 5. The molecule has 2 heterocycles. The van der Waals surface area contributed by atoms with Gasteiger partial charge in [0.15, 0.2) is 22.7 Å². The summed E-state index contributed by atoms with van der Waals surface area (Å²) in [6, 6.07) is 13.2. The van der Waals surface area contributed by atoms with Crippen LogP contribution in [0, 0.1) is 0 Å². The van der Waals surface area contributed by atoms with Crippen LogP contribution in [0.5, 0.6) is 17.2 Å². The van der Waals surface area contributed by atoms with Gasteiger partial charge >= 0.3 is 0 Å². The Morgan fingerprint density at radius 3 is 2.68 bits per heavy atom. The maximum Gasteiger partial charge on any atom is 0.230 e. The number of ether oxygens (including phenoxy) is 3. The molecule has 0 radical (unpaired) electrons. The topological polar surface area (TPSA) is 113 Å². The van der Waals surface area contributed by atoms with Crippen molar-refractivity contribution in [1.82, 2.24) is 30.3 Å². The van der Waals surface area contributed by atoms with E-state index in [1.54, 1.807) is 26.0 Å². The smallest absolute Gasteiger partial charge is 0.230 e. The first-order valence-electron chi connectivity index (χ1n) is 10.4. The quantitative estimate of drug-likeness (QED) is 0.270. The van der Waals surface area contributed by atoms with Crippen molar-refractivity contribution in [3.8, 4) is 22.9 Å². The average Bonchev–Trinajstić information content (AvgIpc) is 3.32. The first kappa shape index (κ1) is 23.3. The summed E-state index contributed by atoms with van der Waals surface area (Å²) in [5.41, 5.74) is 2.90. The Labute approximate surface area is 200 Å². The van der Waals surface area contributed by atoms with Gasteiger partial charge in [-0.05, 0) is 36.2 Å². The van der Waals surface area contributed by atoms with Gasteiger partial charge in [-0.15, -0.1) is 5.10 Å². The molecule has 0 aliphatic heterocycles. The van der Waals surface area contributed by atoms with Gasteiger partial charge in [-0.2, -0.15) is 4.68 Å². The number of hydrogen-bond donors (Lipinski definition) is 1. The fourth-order valence-corrected chi connectivity index (χ4v) is 4.08. The second-order valence-electron chi connectivity index (χ2n) is 7.13. The Morgan fingerprint density at radius 1 is 1.03 bits per heavy atom. The van der Waals surface area contributed by atoms with Gasteiger partial charge in [0.2, 0.25) is 5.91 Å². The summed E-state index contributed by atoms with van der Waals surface area (Å²) < 4.78 is 17.5. The second-order valence-corrected chi connectivity index (χ2v) is 8.10. The highest BCUT2D eigenvalue weighted by molar-refractivity contribution is 8.00. The van der Waals surface area contributed by atoms with Crippen molar-refractivity contribution in [1.29, 1.82) is 0 Å². The van der Waals surface area contributed by atoms with Crippen LogP contribution in [0.4, 0.5) is 0 Å². The predicted octanol–water partition coefficient (Wildman–Crippen LogP) is 2.69. The molecule has 0 aliphatic carbocycles. The highest BCUT2D eigenvalue weighted by atomic mass is 32.2. The van der Waals surface area contributed by atoms with E-state index in [4.69, 9.17) is 14.2 Å². The molecule has 0 unspecified atom stereocenters. The Kier molecular flexibility index (Phi) is 7.43. The van der Waals surface area contributed by atoms with E-state index in [0.29, 0.717) is 46.4 Å². The van der Waals surface area contributed by atoms with Crippen LogP contribution < -0.4 is 19.5 Å². The van der Waals surface area contributed by atoms with E-state index in [-0.39, 0.29) is 11.7 Å². The van der Waals surface area contributed by atoms with Crippen molar-refractivity contribution in [3.05, 3.63) is 54.4 Å². The molecular formula is C23H24N6O4S. The van der Waals surface area contributed by atoms with Crippen LogP contribution in [0.1, 0.15) is 5.56 Å². The predicted molar refractivity (Wildman–Crippen MR) is 128 cm³/mol. The lowest BCUT2D eigenvalue weighted by Gasteiger charge is -2.10. The molecular weight excluding hydrogens is 456 g/mol. The molecule has 176 valence electrons. The first-order chi connectivity index (χ1) is 16.6. The van der Waals surface area contributed by atoms with E-state index in [1.807, 2.05) is 42.5 Å². The van der Waals surface area contributed by atoms with Crippen LogP contribution in [0.25, 0.3) is 16.9 Å². The van der Waals surface area contributed by atoms with E-state index in [9.17, 15) is 4.79 Å². The molecule has 1 amide bonds. The zero-order chi connectivity index (χ0) is 23.9. The molecule has 1 N–H and O–H groups in total. The monoisotopic (exact) mass is 480 g/mol. The zero-order valence-electron chi connectivity index (χ0n) is 19.0. The van der Waals surface area contributed by atoms with Gasteiger partial charge in [-0.1, -0.05) is 29.1 Å². The number of aromatic nitrogens is 5. The molecule has 34 heavy (non-hydrogen) atoms. The van der Waals surface area contributed by atoms with E-state index < -0.39 is 0 Å². The molecule has 4 rings (SSSR count). The SMILES string of the molecule is COc1cccc(-n2nnc3c(SCC(=O)NCCc4ccc(OC)c(OC)c4)ncnc32)c1. The van der Waals surface area contributed by atoms with Gasteiger partial charge in [0.05, 0.1) is 32.8 Å². The lowest BCUT2D eigenvalue weighted by Crippen LogP contribution is -2.27. The molecule has 0 saturated carbocycles. The first-order valence-corrected chi connectivity index (χ1v) is 11.4. The third-order valence-corrected chi connectivity index (χ3v) is 6.00. The van der Waals surface area contributed by atoms with E-state index in [2.05, 4.69) is 25.6 Å². The number of amides is 1. The molecule has 4 aromatic rings. The van der Waals surface area contributed by atoms with Crippen molar-refractivity contribution < 1.29 is 19.0 Å². The van der Waals surface area contributed by atoms with Gasteiger partial charge in [-0.3, -0.25) is 4.79 Å². The lowest BCUT2D eigenvalue weighted by atomic mass is 10.1. The van der Waals surface area contributed by atoms with Gasteiger partial charge < -0.3 is 19.5 Å². The molecule has 0 bridgehead atoms. The third kappa shape index (κ3) is 5.20. The Morgan fingerprint density at radius 2 is 1.88 bits per heavy atom. The minimum Gasteiger partial charge on any atom is -0.497 e. The maximum absolute atomic E-state index is 12.4. The van der Waals surface area contributed by atoms with Crippen LogP contribution in [-0.4, -0.2) is 64.5 Å². The van der Waals surface area contributed by atoms with Crippen molar-refractivity contribution >= 4 is 28.8 Å². The second kappa shape index (κ2) is 10.8. The maximum atomic E-state index is 12.4. The Hall–Kier alpha value is -3.86. The normalized spacial score (nSPS) is 10.8. The molecule has 2 aromatic carbocycles. The van der Waals surface area contributed by atoms with Gasteiger partial charge in [-0.25, -0.2) is 9.97 Å². The van der Waals surface area contributed by atoms with Crippen LogP contribution >= 0.6 is 11.8 Å². The molecule has 0 spiro atoms. The van der Waals surface area contributed by atoms with E-state index in [1.165, 1.54) is 18.1 Å². The number of benzene rings is 2. The summed E-state index contributed by atoms with van der Waals surface area (Å²) in [6.07, 6.45) is 2.11. The van der Waals surface area contributed by atoms with Crippen LogP contribution in [0.2, 0.25) is 0 Å². The summed E-state index contributed by atoms with van der Waals surface area (Å²) in [4.78, 5) is 21.0. The molecule has 0 atom stereocenters. The number of methoxy groups -OCH3 is 3. The zero-order valence-corrected chi connectivity index (χ0v) is 19.8. The van der Waals surface area contributed by atoms with Gasteiger partial charge in [0, 0.05) is 12.6 Å². The minimum atomic E-state index is -0.0996. The van der Waals surface area contributed by atoms with Crippen molar-refractivity contribution in [2.75, 3.05) is 33.6 Å². The average molecular weight is 481 g/mol. The molecule has 2 aromatic heterocycles. The van der Waals surface area contributed by atoms with Gasteiger partial charge in [0.1, 0.15) is 17.1 Å². The molecule has 0 saturated heterocycles. The largest absolute Gasteiger partial charge is 0.497 e. The third-order valence-electron chi connectivity index (χ3n) is 5.03. The van der Waals surface area contributed by atoms with Crippen LogP contribution in [-0.2, 0) is 11.2 Å². The van der Waals surface area contributed by atoms with Gasteiger partial charge in [0.25, 0.3) is 0 Å². The lowest BCUT2D eigenvalue weighted by molar-refractivity contribution is -0.118. The van der Waals surface area contributed by atoms with E-state index >= 15 is 0 Å².